The number of rotatable bonds is 14. The number of hydrogen-bond donors (Lipinski definition) is 0. The molecule has 0 aliphatic rings. The molecule has 0 aliphatic heterocycles. The van der Waals surface area contributed by atoms with Gasteiger partial charge in [0, 0.05) is 96.5 Å². The summed E-state index contributed by atoms with van der Waals surface area (Å²) in [5.41, 5.74) is 30.7. The Labute approximate surface area is 816 Å². The third kappa shape index (κ3) is 16.3. The predicted molar refractivity (Wildman–Crippen MR) is 520 cm³/mol. The van der Waals surface area contributed by atoms with Crippen LogP contribution in [0.2, 0.25) is 0 Å². The number of nitrogens with zero attached hydrogens (tertiary/aromatic N) is 14. The molecule has 0 atom stereocenters. The largest absolute Gasteiger partial charge is 2.00 e. The van der Waals surface area contributed by atoms with E-state index in [-0.39, 0.29) is 63.2 Å². The van der Waals surface area contributed by atoms with Gasteiger partial charge in [-0.05, 0) is 209 Å². The van der Waals surface area contributed by atoms with Crippen LogP contribution in [0, 0.1) is 36.4 Å². The molecule has 26 rings (SSSR count). The molecular weight excluding hydrogens is 2210 g/mol. The van der Waals surface area contributed by atoms with Gasteiger partial charge in [0.05, 0.1) is 22.2 Å². The topological polar surface area (TPSA) is 196 Å². The number of hydrogen-bond acceptors (Lipinski definition) is 14. The van der Waals surface area contributed by atoms with Gasteiger partial charge >= 0.3 is 63.2 Å². The van der Waals surface area contributed by atoms with Crippen LogP contribution >= 0.6 is 0 Å². The van der Waals surface area contributed by atoms with Crippen molar-refractivity contribution in [2.45, 2.75) is 0 Å². The normalized spacial score (nSPS) is 11.2. The zero-order valence-electron chi connectivity index (χ0n) is 71.0. The van der Waals surface area contributed by atoms with Crippen LogP contribution in [-0.4, -0.2) is 68.5 Å². The maximum Gasteiger partial charge on any atom is 2.00 e. The van der Waals surface area contributed by atoms with Crippen molar-refractivity contribution in [2.24, 2.45) is 0 Å². The first kappa shape index (κ1) is 85.5. The van der Waals surface area contributed by atoms with E-state index in [9.17, 15) is 0 Å². The third-order valence-corrected chi connectivity index (χ3v) is 23.6. The van der Waals surface area contributed by atoms with Crippen LogP contribution in [0.5, 0.6) is 0 Å². The average molecular weight is 2280 g/mol. The molecule has 14 heterocycles. The maximum atomic E-state index is 6.34. The van der Waals surface area contributed by atoms with Crippen molar-refractivity contribution in [1.29, 1.82) is 0 Å². The second-order valence-electron chi connectivity index (χ2n) is 31.6. The Morgan fingerprint density at radius 3 is 1.19 bits per heavy atom. The van der Waals surface area contributed by atoms with Crippen molar-refractivity contribution in [2.75, 3.05) is 0 Å². The molecule has 0 saturated carbocycles. The number of oxazole rings is 3. The van der Waals surface area contributed by atoms with Gasteiger partial charge < -0.3 is 36.9 Å². The van der Waals surface area contributed by atoms with Gasteiger partial charge in [0.2, 0.25) is 0 Å². The molecule has 0 saturated heterocycles. The van der Waals surface area contributed by atoms with Crippen molar-refractivity contribution in [3.63, 3.8) is 0 Å². The van der Waals surface area contributed by atoms with E-state index in [1.807, 2.05) is 231 Å². The van der Waals surface area contributed by atoms with Gasteiger partial charge in [0.25, 0.3) is 0 Å². The summed E-state index contributed by atoms with van der Waals surface area (Å²) >= 11 is 0. The molecule has 644 valence electrons. The summed E-state index contributed by atoms with van der Waals surface area (Å²) < 4.78 is 25.3. The van der Waals surface area contributed by atoms with Gasteiger partial charge in [0.15, 0.2) is 0 Å². The molecule has 0 unspecified atom stereocenters. The summed E-state index contributed by atoms with van der Waals surface area (Å²) in [6, 6.07) is 132. The number of fused-ring (bicyclic) bond motifs is 12. The second-order valence-corrected chi connectivity index (χ2v) is 31.6. The summed E-state index contributed by atoms with van der Waals surface area (Å²) in [6.45, 7) is 0. The smallest absolute Gasteiger partial charge is 0.481 e. The average Bonchev–Trinajstić information content (AvgIpc) is 1.58. The first-order valence-electron chi connectivity index (χ1n) is 42.9. The molecule has 0 aliphatic carbocycles. The minimum absolute atomic E-state index is 0. The monoisotopic (exact) mass is 2280 g/mol. The van der Waals surface area contributed by atoms with Crippen molar-refractivity contribution in [3.8, 4) is 141 Å². The van der Waals surface area contributed by atoms with Crippen LogP contribution < -0.4 is 0 Å². The van der Waals surface area contributed by atoms with Crippen molar-refractivity contribution in [3.05, 3.63) is 438 Å². The van der Waals surface area contributed by atoms with Crippen molar-refractivity contribution >= 4 is 98.7 Å². The molecule has 0 spiro atoms. The molecule has 12 aromatic carbocycles. The molecule has 0 fully saturated rings. The minimum Gasteiger partial charge on any atom is -0.481 e. The fourth-order valence-electron chi connectivity index (χ4n) is 17.4. The Morgan fingerprint density at radius 1 is 0.230 bits per heavy atom. The van der Waals surface area contributed by atoms with E-state index in [0.29, 0.717) is 17.7 Å². The Hall–Kier alpha value is -16.3. The Bertz CT molecular complexity index is 8770. The predicted octanol–water partition coefficient (Wildman–Crippen LogP) is 27.1. The van der Waals surface area contributed by atoms with Crippen LogP contribution in [0.1, 0.15) is 0 Å². The molecule has 0 N–H and O–H groups in total. The first-order chi connectivity index (χ1) is 65.4. The van der Waals surface area contributed by atoms with E-state index in [2.05, 4.69) is 212 Å². The number of aromatic nitrogens is 14. The van der Waals surface area contributed by atoms with E-state index in [1.165, 1.54) is 0 Å². The van der Waals surface area contributed by atoms with E-state index in [0.717, 1.165) is 222 Å². The quantitative estimate of drug-likeness (QED) is 0.0932. The third-order valence-electron chi connectivity index (χ3n) is 23.6. The summed E-state index contributed by atoms with van der Waals surface area (Å²) in [5, 5.41) is 6.51. The van der Waals surface area contributed by atoms with E-state index in [1.54, 1.807) is 43.4 Å². The number of para-hydroxylation sites is 7. The molecule has 0 amide bonds. The number of pyridine rings is 8. The molecule has 14 aromatic heterocycles. The fraction of sp³-hybridized carbons (Fsp3) is 0. The Morgan fingerprint density at radius 2 is 0.652 bits per heavy atom. The molecule has 20 heteroatoms. The first-order valence-corrected chi connectivity index (χ1v) is 42.9. The summed E-state index contributed by atoms with van der Waals surface area (Å²) in [7, 11) is 0. The SMILES string of the molecule is [Pt+2].[Pt+2].[Pt+2].[c-]1c(-c2cccc(-c3cccnc3)n2)cccc1-n1c2[c-]c(-c3nc4ccccc4o3)ccc2c2ccccc21.[c-]1c(-c2ccccn2)ccc(-c2cccnc2)c1-n1c2[c-]c(-c3nc4ccccc4o3)ccc2c2cc(-c3cccnc3)ccc21.[c-]1c(-c2ccccn2)cccc1-n1c2[c-]c(-c3nc4ccccc4o3)c(-c3cccnc3)cc2c2cc(-c3cccnc3)ccc21. The molecule has 135 heavy (non-hydrogen) atoms. The van der Waals surface area contributed by atoms with Crippen molar-refractivity contribution < 1.29 is 76.4 Å². The van der Waals surface area contributed by atoms with Crippen LogP contribution in [-0.2, 0) is 63.2 Å². The van der Waals surface area contributed by atoms with Crippen LogP contribution in [0.25, 0.3) is 240 Å². The van der Waals surface area contributed by atoms with Crippen LogP contribution in [0.15, 0.2) is 415 Å². The van der Waals surface area contributed by atoms with Crippen molar-refractivity contribution in [1.82, 2.24) is 68.5 Å². The van der Waals surface area contributed by atoms with E-state index >= 15 is 0 Å². The van der Waals surface area contributed by atoms with Gasteiger partial charge in [0.1, 0.15) is 34.4 Å². The standard InChI is InChI=1S/2C40H23N5O.C35H20N4O.3Pt/c1-2-14-39-36(13-1)44-40(46-39)34-23-38-33(22-31(34)29-10-7-18-42-25-29)32-21-26(28-9-6-17-41-24-28)15-16-37(32)45(38)30-11-5-8-27(20-30)35-12-3-4-19-43-35;1-2-11-39-35(10-1)44-40(46-39)28-13-16-32-33-21-26(29-7-5-18-41-24-29)14-17-36(33)45(38(32)23-28)37-22-27(34-9-3-4-20-43-34)12-15-31(37)30-8-6-19-42-25-30;1-3-15-32-27(11-1)28-18-17-24(35-38-31-12-2-4-16-34(31)40-35)21-33(28)39(32)26-10-5-8-23(20-26)29-13-6-14-30(37-29)25-9-7-19-36-22-25;;;/h1-19,21-22,24-25H;1-21,24-25H;1-19,22H;;;/q3*-2;3*+2. The second kappa shape index (κ2) is 37.2. The zero-order valence-corrected chi connectivity index (χ0v) is 77.9. The van der Waals surface area contributed by atoms with Crippen LogP contribution in [0.3, 0.4) is 0 Å². The van der Waals surface area contributed by atoms with E-state index < -0.39 is 0 Å². The van der Waals surface area contributed by atoms with Gasteiger partial charge in [-0.3, -0.25) is 44.9 Å². The maximum absolute atomic E-state index is 6.34. The molecule has 17 nitrogen and oxygen atoms in total. The summed E-state index contributed by atoms with van der Waals surface area (Å²) in [6.07, 6.45) is 21.9. The Balaban J connectivity index is 0.000000120. The van der Waals surface area contributed by atoms with Gasteiger partial charge in [-0.15, -0.1) is 132 Å². The molecule has 26 aromatic rings. The van der Waals surface area contributed by atoms with E-state index in [4.69, 9.17) is 33.2 Å². The van der Waals surface area contributed by atoms with Gasteiger partial charge in [-0.25, -0.2) is 0 Å². The summed E-state index contributed by atoms with van der Waals surface area (Å²) in [4.78, 5) is 50.4. The molecule has 0 bridgehead atoms. The molecular formula is C115H66N14O3Pt3. The minimum atomic E-state index is 0. The fourth-order valence-corrected chi connectivity index (χ4v) is 17.4. The number of benzene rings is 12. The molecule has 0 radical (unpaired) electrons. The zero-order chi connectivity index (χ0) is 87.4. The van der Waals surface area contributed by atoms with Crippen LogP contribution in [0.4, 0.5) is 0 Å². The van der Waals surface area contributed by atoms with Gasteiger partial charge in [-0.2, -0.15) is 0 Å². The van der Waals surface area contributed by atoms with Gasteiger partial charge in [-0.1, -0.05) is 184 Å². The Kier molecular flexibility index (Phi) is 23.5. The summed E-state index contributed by atoms with van der Waals surface area (Å²) in [5.74, 6) is 1.57.